The first kappa shape index (κ1) is 14.6. The summed E-state index contributed by atoms with van der Waals surface area (Å²) in [5, 5.41) is 4.16. The van der Waals surface area contributed by atoms with E-state index in [4.69, 9.17) is 0 Å². The fourth-order valence-electron chi connectivity index (χ4n) is 3.14. The molecule has 0 fully saturated rings. The molecule has 4 rings (SSSR count). The number of carbonyl (C=O) groups excluding carboxylic acids is 1. The normalized spacial score (nSPS) is 13.6. The summed E-state index contributed by atoms with van der Waals surface area (Å²) in [5.74, 6) is -0.512. The molecule has 0 spiro atoms. The molecule has 1 aromatic heterocycles. The maximum atomic E-state index is 14.2. The van der Waals surface area contributed by atoms with Gasteiger partial charge < -0.3 is 4.90 Å². The van der Waals surface area contributed by atoms with Crippen molar-refractivity contribution in [1.82, 2.24) is 9.78 Å². The Morgan fingerprint density at radius 1 is 1.08 bits per heavy atom. The highest BCUT2D eigenvalue weighted by molar-refractivity contribution is 6.06. The molecule has 24 heavy (non-hydrogen) atoms. The molecule has 0 radical (unpaired) electrons. The predicted octanol–water partition coefficient (Wildman–Crippen LogP) is 3.60. The first-order valence-electron chi connectivity index (χ1n) is 7.93. The Kier molecular flexibility index (Phi) is 3.61. The van der Waals surface area contributed by atoms with E-state index >= 15 is 0 Å². The third-order valence-corrected chi connectivity index (χ3v) is 4.30. The quantitative estimate of drug-likeness (QED) is 0.723. The summed E-state index contributed by atoms with van der Waals surface area (Å²) in [6.07, 6.45) is 5.18. The number of hydrogen-bond donors (Lipinski definition) is 0. The molecule has 2 heterocycles. The number of halogens is 1. The molecule has 0 bridgehead atoms. The van der Waals surface area contributed by atoms with Crippen molar-refractivity contribution in [3.8, 4) is 5.69 Å². The molecular weight excluding hydrogens is 305 g/mol. The first-order valence-corrected chi connectivity index (χ1v) is 7.93. The van der Waals surface area contributed by atoms with Crippen molar-refractivity contribution in [3.05, 3.63) is 77.9 Å². The van der Waals surface area contributed by atoms with Gasteiger partial charge in [0.2, 0.25) is 0 Å². The van der Waals surface area contributed by atoms with E-state index in [-0.39, 0.29) is 11.7 Å². The highest BCUT2D eigenvalue weighted by Gasteiger charge is 2.26. The number of fused-ring (bicyclic) bond motifs is 1. The first-order chi connectivity index (χ1) is 11.7. The van der Waals surface area contributed by atoms with Gasteiger partial charge in [0.05, 0.1) is 11.4 Å². The minimum Gasteiger partial charge on any atom is -0.305 e. The molecule has 0 saturated heterocycles. The minimum absolute atomic E-state index is 0.173. The van der Waals surface area contributed by atoms with Crippen LogP contribution in [0.3, 0.4) is 0 Å². The number of hydrogen-bond acceptors (Lipinski definition) is 2. The van der Waals surface area contributed by atoms with E-state index in [1.165, 1.54) is 6.07 Å². The van der Waals surface area contributed by atoms with Gasteiger partial charge >= 0.3 is 0 Å². The van der Waals surface area contributed by atoms with Gasteiger partial charge in [-0.25, -0.2) is 9.07 Å². The molecule has 120 valence electrons. The molecule has 3 aromatic rings. The Hall–Kier alpha value is -2.95. The SMILES string of the molecule is O=C(c1ccc(-n2cccn2)cc1)N1CCCc2cccc(F)c21. The summed E-state index contributed by atoms with van der Waals surface area (Å²) in [7, 11) is 0. The van der Waals surface area contributed by atoms with Gasteiger partial charge in [-0.05, 0) is 54.8 Å². The lowest BCUT2D eigenvalue weighted by molar-refractivity contribution is 0.0984. The van der Waals surface area contributed by atoms with Gasteiger partial charge in [0.1, 0.15) is 5.82 Å². The van der Waals surface area contributed by atoms with Crippen LogP contribution in [-0.4, -0.2) is 22.2 Å². The van der Waals surface area contributed by atoms with Crippen molar-refractivity contribution in [3.63, 3.8) is 0 Å². The lowest BCUT2D eigenvalue weighted by Crippen LogP contribution is -2.36. The van der Waals surface area contributed by atoms with Gasteiger partial charge in [0, 0.05) is 24.5 Å². The van der Waals surface area contributed by atoms with E-state index in [2.05, 4.69) is 5.10 Å². The number of benzene rings is 2. The molecule has 1 aliphatic heterocycles. The molecule has 2 aromatic carbocycles. The average molecular weight is 321 g/mol. The lowest BCUT2D eigenvalue weighted by Gasteiger charge is -2.30. The summed E-state index contributed by atoms with van der Waals surface area (Å²) in [6.45, 7) is 0.535. The number of rotatable bonds is 2. The molecule has 0 N–H and O–H groups in total. The van der Waals surface area contributed by atoms with Crippen LogP contribution in [0, 0.1) is 5.82 Å². The monoisotopic (exact) mass is 321 g/mol. The molecule has 1 amide bonds. The molecule has 0 saturated carbocycles. The third-order valence-electron chi connectivity index (χ3n) is 4.30. The Bertz CT molecular complexity index is 872. The second-order valence-electron chi connectivity index (χ2n) is 5.81. The number of para-hydroxylation sites is 1. The van der Waals surface area contributed by atoms with Gasteiger partial charge in [-0.15, -0.1) is 0 Å². The topological polar surface area (TPSA) is 38.1 Å². The smallest absolute Gasteiger partial charge is 0.258 e. The summed E-state index contributed by atoms with van der Waals surface area (Å²) in [4.78, 5) is 14.4. The van der Waals surface area contributed by atoms with E-state index < -0.39 is 0 Å². The minimum atomic E-state index is -0.339. The highest BCUT2D eigenvalue weighted by Crippen LogP contribution is 2.31. The Morgan fingerprint density at radius 3 is 2.67 bits per heavy atom. The van der Waals surface area contributed by atoms with Crippen LogP contribution in [0.4, 0.5) is 10.1 Å². The molecule has 0 unspecified atom stereocenters. The Morgan fingerprint density at radius 2 is 1.92 bits per heavy atom. The second kappa shape index (κ2) is 5.92. The van der Waals surface area contributed by atoms with Gasteiger partial charge in [0.15, 0.2) is 0 Å². The molecule has 0 aliphatic carbocycles. The highest BCUT2D eigenvalue weighted by atomic mass is 19.1. The molecule has 1 aliphatic rings. The van der Waals surface area contributed by atoms with Crippen LogP contribution in [0.25, 0.3) is 5.69 Å². The van der Waals surface area contributed by atoms with Crippen molar-refractivity contribution in [1.29, 1.82) is 0 Å². The maximum Gasteiger partial charge on any atom is 0.258 e. The maximum absolute atomic E-state index is 14.2. The number of anilines is 1. The standard InChI is InChI=1S/C19H16FN3O/c20-17-6-1-4-14-5-2-12-22(18(14)17)19(24)15-7-9-16(10-8-15)23-13-3-11-21-23/h1,3-4,6-11,13H,2,5,12H2. The van der Waals surface area contributed by atoms with Crippen LogP contribution in [0.1, 0.15) is 22.3 Å². The summed E-state index contributed by atoms with van der Waals surface area (Å²) in [5.41, 5.74) is 2.73. The van der Waals surface area contributed by atoms with Gasteiger partial charge in [0.25, 0.3) is 5.91 Å². The van der Waals surface area contributed by atoms with Gasteiger partial charge in [-0.2, -0.15) is 5.10 Å². The van der Waals surface area contributed by atoms with Gasteiger partial charge in [-0.3, -0.25) is 4.79 Å². The molecular formula is C19H16FN3O. The fraction of sp³-hybridized carbons (Fsp3) is 0.158. The van der Waals surface area contributed by atoms with Crippen molar-refractivity contribution in [2.24, 2.45) is 0 Å². The van der Waals surface area contributed by atoms with Crippen LogP contribution in [0.2, 0.25) is 0 Å². The van der Waals surface area contributed by atoms with Crippen molar-refractivity contribution >= 4 is 11.6 Å². The molecule has 5 heteroatoms. The summed E-state index contributed by atoms with van der Waals surface area (Å²) in [6, 6.07) is 14.0. The third kappa shape index (κ3) is 2.48. The zero-order valence-corrected chi connectivity index (χ0v) is 13.0. The van der Waals surface area contributed by atoms with Gasteiger partial charge in [-0.1, -0.05) is 12.1 Å². The van der Waals surface area contributed by atoms with E-state index in [1.54, 1.807) is 34.0 Å². The number of carbonyl (C=O) groups is 1. The van der Waals surface area contributed by atoms with Crippen LogP contribution < -0.4 is 4.90 Å². The zero-order chi connectivity index (χ0) is 16.5. The summed E-state index contributed by atoms with van der Waals surface area (Å²) >= 11 is 0. The molecule has 4 nitrogen and oxygen atoms in total. The largest absolute Gasteiger partial charge is 0.305 e. The van der Waals surface area contributed by atoms with Crippen LogP contribution in [-0.2, 0) is 6.42 Å². The lowest BCUT2D eigenvalue weighted by atomic mass is 10.0. The van der Waals surface area contributed by atoms with Crippen molar-refractivity contribution < 1.29 is 9.18 Å². The predicted molar refractivity (Wildman–Crippen MR) is 90.0 cm³/mol. The zero-order valence-electron chi connectivity index (χ0n) is 13.0. The van der Waals surface area contributed by atoms with Crippen LogP contribution >= 0.6 is 0 Å². The number of aromatic nitrogens is 2. The van der Waals surface area contributed by atoms with Crippen molar-refractivity contribution in [2.45, 2.75) is 12.8 Å². The van der Waals surface area contributed by atoms with Crippen molar-refractivity contribution in [2.75, 3.05) is 11.4 Å². The average Bonchev–Trinajstić information content (AvgIpc) is 3.16. The molecule has 0 atom stereocenters. The van der Waals surface area contributed by atoms with E-state index in [0.717, 1.165) is 24.1 Å². The van der Waals surface area contributed by atoms with Crippen LogP contribution in [0.5, 0.6) is 0 Å². The number of nitrogens with zero attached hydrogens (tertiary/aromatic N) is 3. The second-order valence-corrected chi connectivity index (χ2v) is 5.81. The number of amides is 1. The Labute approximate surface area is 139 Å². The van der Waals surface area contributed by atoms with E-state index in [1.807, 2.05) is 30.5 Å². The fourth-order valence-corrected chi connectivity index (χ4v) is 3.14. The Balaban J connectivity index is 1.66. The van der Waals surface area contributed by atoms with E-state index in [9.17, 15) is 9.18 Å². The van der Waals surface area contributed by atoms with Crippen LogP contribution in [0.15, 0.2) is 60.9 Å². The van der Waals surface area contributed by atoms with E-state index in [0.29, 0.717) is 17.8 Å². The number of aryl methyl sites for hydroxylation is 1. The summed E-state index contributed by atoms with van der Waals surface area (Å²) < 4.78 is 16.0.